The number of hydrogen-bond donors (Lipinski definition) is 1. The van der Waals surface area contributed by atoms with E-state index in [1.54, 1.807) is 0 Å². The van der Waals surface area contributed by atoms with Gasteiger partial charge in [0.05, 0.1) is 5.69 Å². The van der Waals surface area contributed by atoms with Gasteiger partial charge in [-0.25, -0.2) is 0 Å². The van der Waals surface area contributed by atoms with Gasteiger partial charge in [-0.2, -0.15) is 5.10 Å². The topological polar surface area (TPSA) is 46.8 Å². The molecule has 0 fully saturated rings. The summed E-state index contributed by atoms with van der Waals surface area (Å²) in [5.74, 6) is 1.31. The smallest absolute Gasteiger partial charge is 0.202 e. The molecule has 3 aromatic rings. The van der Waals surface area contributed by atoms with Crippen molar-refractivity contribution in [3.63, 3.8) is 0 Å². The van der Waals surface area contributed by atoms with Gasteiger partial charge in [0, 0.05) is 0 Å². The second-order valence-corrected chi connectivity index (χ2v) is 5.25. The van der Waals surface area contributed by atoms with E-state index < -0.39 is 0 Å². The molecule has 0 aliphatic rings. The second-order valence-electron chi connectivity index (χ2n) is 4.08. The summed E-state index contributed by atoms with van der Waals surface area (Å²) >= 11 is 8.60. The largest absolute Gasteiger partial charge is 0.446 e. The minimum atomic E-state index is 0.539. The maximum atomic E-state index is 5.55. The number of rotatable bonds is 2. The van der Waals surface area contributed by atoms with Gasteiger partial charge in [0.25, 0.3) is 0 Å². The molecular formula is C13H10BrN3OS. The van der Waals surface area contributed by atoms with Crippen molar-refractivity contribution in [1.29, 1.82) is 0 Å². The number of H-pyrrole nitrogens is 1. The molecule has 1 N–H and O–H groups in total. The van der Waals surface area contributed by atoms with Crippen molar-refractivity contribution in [3.05, 3.63) is 51.4 Å². The van der Waals surface area contributed by atoms with E-state index >= 15 is 0 Å². The van der Waals surface area contributed by atoms with Gasteiger partial charge in [-0.1, -0.05) is 18.2 Å². The quantitative estimate of drug-likeness (QED) is 0.711. The Balaban J connectivity index is 2.25. The maximum Gasteiger partial charge on any atom is 0.202 e. The van der Waals surface area contributed by atoms with Crippen molar-refractivity contribution >= 4 is 28.1 Å². The number of para-hydroxylation sites is 1. The summed E-state index contributed by atoms with van der Waals surface area (Å²) in [5, 5.41) is 7.06. The van der Waals surface area contributed by atoms with Crippen molar-refractivity contribution in [1.82, 2.24) is 14.8 Å². The first kappa shape index (κ1) is 12.4. The van der Waals surface area contributed by atoms with Crippen LogP contribution in [0.25, 0.3) is 17.3 Å². The summed E-state index contributed by atoms with van der Waals surface area (Å²) in [6, 6.07) is 11.7. The zero-order valence-electron chi connectivity index (χ0n) is 10.1. The number of aromatic nitrogens is 3. The Bertz CT molecular complexity index is 787. The lowest BCUT2D eigenvalue weighted by Crippen LogP contribution is -1.99. The molecule has 0 amide bonds. The van der Waals surface area contributed by atoms with E-state index in [9.17, 15) is 0 Å². The Hall–Kier alpha value is -1.66. The molecule has 0 bridgehead atoms. The highest BCUT2D eigenvalue weighted by molar-refractivity contribution is 9.10. The van der Waals surface area contributed by atoms with Crippen molar-refractivity contribution in [2.45, 2.75) is 6.92 Å². The molecule has 0 saturated heterocycles. The lowest BCUT2D eigenvalue weighted by molar-refractivity contribution is 0.550. The number of aromatic amines is 1. The average molecular weight is 336 g/mol. The fourth-order valence-corrected chi connectivity index (χ4v) is 2.47. The van der Waals surface area contributed by atoms with Crippen molar-refractivity contribution in [2.24, 2.45) is 0 Å². The average Bonchev–Trinajstić information content (AvgIpc) is 2.96. The first-order valence-corrected chi connectivity index (χ1v) is 6.86. The van der Waals surface area contributed by atoms with Gasteiger partial charge in [-0.3, -0.25) is 9.67 Å². The number of nitrogens with one attached hydrogen (secondary N) is 1. The predicted octanol–water partition coefficient (Wildman–Crippen LogP) is 4.26. The van der Waals surface area contributed by atoms with Crippen LogP contribution in [0.15, 0.2) is 45.5 Å². The van der Waals surface area contributed by atoms with E-state index in [1.165, 1.54) is 0 Å². The van der Waals surface area contributed by atoms with E-state index in [2.05, 4.69) is 26.1 Å². The molecule has 2 heterocycles. The third-order valence-corrected chi connectivity index (χ3v) is 3.52. The first-order valence-electron chi connectivity index (χ1n) is 5.66. The molecule has 3 rings (SSSR count). The number of halogens is 1. The van der Waals surface area contributed by atoms with Crippen molar-refractivity contribution in [3.8, 4) is 17.3 Å². The summed E-state index contributed by atoms with van der Waals surface area (Å²) in [5.41, 5.74) is 2.11. The fraction of sp³-hybridized carbons (Fsp3) is 0.0769. The van der Waals surface area contributed by atoms with E-state index in [4.69, 9.17) is 16.6 Å². The van der Waals surface area contributed by atoms with Crippen LogP contribution < -0.4 is 0 Å². The van der Waals surface area contributed by atoms with Gasteiger partial charge in [-0.15, -0.1) is 0 Å². The molecule has 0 radical (unpaired) electrons. The normalized spacial score (nSPS) is 10.8. The summed E-state index contributed by atoms with van der Waals surface area (Å²) in [6.45, 7) is 2.03. The van der Waals surface area contributed by atoms with Crippen LogP contribution in [-0.2, 0) is 0 Å². The van der Waals surface area contributed by atoms with Crippen LogP contribution in [0.1, 0.15) is 5.56 Å². The Morgan fingerprint density at radius 3 is 2.74 bits per heavy atom. The summed E-state index contributed by atoms with van der Waals surface area (Å²) in [4.78, 5) is 0. The van der Waals surface area contributed by atoms with Gasteiger partial charge in [0.1, 0.15) is 0 Å². The van der Waals surface area contributed by atoms with E-state index in [0.29, 0.717) is 21.0 Å². The van der Waals surface area contributed by atoms with Crippen molar-refractivity contribution in [2.75, 3.05) is 0 Å². The van der Waals surface area contributed by atoms with Gasteiger partial charge >= 0.3 is 0 Å². The first-order chi connectivity index (χ1) is 9.16. The highest BCUT2D eigenvalue weighted by Gasteiger charge is 2.15. The minimum Gasteiger partial charge on any atom is -0.446 e. The van der Waals surface area contributed by atoms with Crippen LogP contribution in [-0.4, -0.2) is 14.8 Å². The summed E-state index contributed by atoms with van der Waals surface area (Å²) in [6.07, 6.45) is 0. The molecule has 0 aliphatic carbocycles. The highest BCUT2D eigenvalue weighted by Crippen LogP contribution is 2.26. The van der Waals surface area contributed by atoms with Crippen LogP contribution in [0.3, 0.4) is 0 Å². The zero-order chi connectivity index (χ0) is 13.4. The molecular weight excluding hydrogens is 326 g/mol. The SMILES string of the molecule is Cc1ccccc1-n1c(-c2ccc(Br)o2)n[nH]c1=S. The standard InChI is InChI=1S/C13H10BrN3OS/c1-8-4-2-3-5-9(8)17-12(15-16-13(17)19)10-6-7-11(14)18-10/h2-7H,1H3,(H,16,19). The molecule has 96 valence electrons. The van der Waals surface area contributed by atoms with Crippen LogP contribution >= 0.6 is 28.1 Å². The molecule has 0 spiro atoms. The Kier molecular flexibility index (Phi) is 3.12. The van der Waals surface area contributed by atoms with Gasteiger partial charge in [-0.05, 0) is 58.8 Å². The molecule has 1 aromatic carbocycles. The molecule has 0 unspecified atom stereocenters. The summed E-state index contributed by atoms with van der Waals surface area (Å²) < 4.78 is 8.62. The number of furan rings is 1. The Labute approximate surface area is 123 Å². The third kappa shape index (κ3) is 2.17. The minimum absolute atomic E-state index is 0.539. The molecule has 0 aliphatic heterocycles. The number of nitrogens with zero attached hydrogens (tertiary/aromatic N) is 2. The van der Waals surface area contributed by atoms with Gasteiger partial charge in [0.2, 0.25) is 5.82 Å². The lowest BCUT2D eigenvalue weighted by atomic mass is 10.2. The number of hydrogen-bond acceptors (Lipinski definition) is 3. The molecule has 19 heavy (non-hydrogen) atoms. The maximum absolute atomic E-state index is 5.55. The van der Waals surface area contributed by atoms with E-state index in [0.717, 1.165) is 11.3 Å². The molecule has 0 saturated carbocycles. The Morgan fingerprint density at radius 2 is 2.05 bits per heavy atom. The summed E-state index contributed by atoms with van der Waals surface area (Å²) in [7, 11) is 0. The molecule has 6 heteroatoms. The lowest BCUT2D eigenvalue weighted by Gasteiger charge is -2.08. The van der Waals surface area contributed by atoms with Crippen molar-refractivity contribution < 1.29 is 4.42 Å². The molecule has 2 aromatic heterocycles. The highest BCUT2D eigenvalue weighted by atomic mass is 79.9. The van der Waals surface area contributed by atoms with Crippen LogP contribution in [0.2, 0.25) is 0 Å². The fourth-order valence-electron chi connectivity index (χ4n) is 1.93. The molecule has 0 atom stereocenters. The van der Waals surface area contributed by atoms with Crippen LogP contribution in [0, 0.1) is 11.7 Å². The number of aryl methyl sites for hydroxylation is 1. The second kappa shape index (κ2) is 4.79. The zero-order valence-corrected chi connectivity index (χ0v) is 12.5. The molecule has 4 nitrogen and oxygen atoms in total. The Morgan fingerprint density at radius 1 is 1.26 bits per heavy atom. The number of benzene rings is 1. The van der Waals surface area contributed by atoms with Crippen LogP contribution in [0.5, 0.6) is 0 Å². The van der Waals surface area contributed by atoms with Crippen LogP contribution in [0.4, 0.5) is 0 Å². The predicted molar refractivity (Wildman–Crippen MR) is 78.9 cm³/mol. The van der Waals surface area contributed by atoms with E-state index in [-0.39, 0.29) is 0 Å². The van der Waals surface area contributed by atoms with Gasteiger partial charge in [0.15, 0.2) is 15.2 Å². The van der Waals surface area contributed by atoms with Gasteiger partial charge < -0.3 is 4.42 Å². The monoisotopic (exact) mass is 335 g/mol. The van der Waals surface area contributed by atoms with E-state index in [1.807, 2.05) is 47.9 Å². The third-order valence-electron chi connectivity index (χ3n) is 2.82.